The summed E-state index contributed by atoms with van der Waals surface area (Å²) >= 11 is 5.34. The minimum Gasteiger partial charge on any atom is -0.504 e. The number of phenolic OH excluding ortho intramolecular Hbond substituents is 2. The molecule has 2 aliphatic rings. The van der Waals surface area contributed by atoms with Crippen molar-refractivity contribution in [2.75, 3.05) is 24.6 Å². The van der Waals surface area contributed by atoms with Crippen molar-refractivity contribution in [1.82, 2.24) is 20.5 Å². The van der Waals surface area contributed by atoms with Crippen molar-refractivity contribution in [2.24, 2.45) is 5.16 Å². The largest absolute Gasteiger partial charge is 0.504 e. The first-order valence-electron chi connectivity index (χ1n) is 11.1. The number of fused-ring (bicyclic) bond motifs is 1. The number of β-lactam (4-membered cyclic amide) rings is 1. The Labute approximate surface area is 237 Å². The van der Waals surface area contributed by atoms with E-state index in [1.54, 1.807) is 6.92 Å². The monoisotopic (exact) mass is 640 g/mol. The number of thiazole rings is 1. The number of carbonyl (C=O) groups is 4. The van der Waals surface area contributed by atoms with Gasteiger partial charge in [-0.3, -0.25) is 19.3 Å². The van der Waals surface area contributed by atoms with Crippen LogP contribution in [0.1, 0.15) is 23.0 Å². The number of aromatic nitrogens is 1. The van der Waals surface area contributed by atoms with Gasteiger partial charge in [0.15, 0.2) is 22.3 Å². The maximum absolute atomic E-state index is 13.0. The number of carboxylic acids is 1. The molecule has 3 amide bonds. The molecule has 0 saturated carbocycles. The Bertz CT molecular complexity index is 1400. The van der Waals surface area contributed by atoms with Crippen LogP contribution in [0, 0.1) is 0 Å². The third-order valence-corrected chi connectivity index (χ3v) is 8.19. The van der Waals surface area contributed by atoms with Gasteiger partial charge in [-0.05, 0) is 40.6 Å². The fourth-order valence-electron chi connectivity index (χ4n) is 3.76. The molecule has 14 nitrogen and oxygen atoms in total. The predicted octanol–water partition coefficient (Wildman–Crippen LogP) is 0.808. The molecule has 0 spiro atoms. The Morgan fingerprint density at radius 2 is 2.08 bits per heavy atom. The van der Waals surface area contributed by atoms with Crippen LogP contribution in [0.4, 0.5) is 5.13 Å². The summed E-state index contributed by atoms with van der Waals surface area (Å²) < 4.78 is 0.0983. The van der Waals surface area contributed by atoms with E-state index in [0.29, 0.717) is 0 Å². The summed E-state index contributed by atoms with van der Waals surface area (Å²) in [5, 5.41) is 39.2. The molecule has 17 heteroatoms. The molecule has 3 heterocycles. The number of halogens is 1. The van der Waals surface area contributed by atoms with Crippen molar-refractivity contribution in [3.63, 3.8) is 0 Å². The molecule has 0 radical (unpaired) electrons. The van der Waals surface area contributed by atoms with Gasteiger partial charge in [0.1, 0.15) is 29.4 Å². The fourth-order valence-corrected chi connectivity index (χ4v) is 6.11. The molecule has 1 aromatic heterocycles. The van der Waals surface area contributed by atoms with Crippen molar-refractivity contribution >= 4 is 73.6 Å². The van der Waals surface area contributed by atoms with Crippen LogP contribution in [-0.4, -0.2) is 84.9 Å². The van der Waals surface area contributed by atoms with Crippen molar-refractivity contribution in [2.45, 2.75) is 18.3 Å². The minimum atomic E-state index is -1.37. The Morgan fingerprint density at radius 3 is 2.69 bits per heavy atom. The van der Waals surface area contributed by atoms with E-state index in [0.717, 1.165) is 22.3 Å². The van der Waals surface area contributed by atoms with Gasteiger partial charge in [-0.25, -0.2) is 9.78 Å². The van der Waals surface area contributed by atoms with E-state index in [9.17, 15) is 34.5 Å². The van der Waals surface area contributed by atoms with E-state index in [2.05, 4.69) is 36.7 Å². The molecule has 7 N–H and O–H groups in total. The number of rotatable bonds is 9. The number of carbonyl (C=O) groups excluding carboxylic acids is 3. The van der Waals surface area contributed by atoms with E-state index in [1.165, 1.54) is 23.2 Å². The first kappa shape index (κ1) is 28.2. The highest BCUT2D eigenvalue weighted by Crippen LogP contribution is 2.40. The molecule has 0 aliphatic carbocycles. The molecule has 1 unspecified atom stereocenters. The number of aliphatic carboxylic acids is 1. The molecule has 1 aromatic carbocycles. The van der Waals surface area contributed by atoms with Gasteiger partial charge in [0.05, 0.1) is 4.47 Å². The lowest BCUT2D eigenvalue weighted by molar-refractivity contribution is -0.150. The first-order chi connectivity index (χ1) is 18.5. The van der Waals surface area contributed by atoms with Crippen LogP contribution in [0.25, 0.3) is 0 Å². The number of carboxylic acid groups (broad SMARTS) is 1. The number of hydrogen-bond acceptors (Lipinski definition) is 12. The van der Waals surface area contributed by atoms with Crippen LogP contribution in [0.5, 0.6) is 11.5 Å². The first-order valence-corrected chi connectivity index (χ1v) is 13.9. The average Bonchev–Trinajstić information content (AvgIpc) is 3.33. The number of amides is 3. The van der Waals surface area contributed by atoms with Crippen molar-refractivity contribution in [3.8, 4) is 11.5 Å². The van der Waals surface area contributed by atoms with Crippen LogP contribution in [0.2, 0.25) is 0 Å². The third kappa shape index (κ3) is 5.64. The van der Waals surface area contributed by atoms with Crippen molar-refractivity contribution < 1.29 is 39.3 Å². The highest BCUT2D eigenvalue weighted by molar-refractivity contribution is 9.10. The number of nitrogens with one attached hydrogen (secondary N) is 2. The number of aromatic hydroxyl groups is 2. The Hall–Kier alpha value is -3.83. The molecule has 206 valence electrons. The number of hydrogen-bond donors (Lipinski definition) is 6. The molecule has 0 bridgehead atoms. The van der Waals surface area contributed by atoms with Gasteiger partial charge in [-0.2, -0.15) is 0 Å². The average molecular weight is 641 g/mol. The van der Waals surface area contributed by atoms with E-state index in [4.69, 9.17) is 10.6 Å². The van der Waals surface area contributed by atoms with Gasteiger partial charge in [0, 0.05) is 23.2 Å². The summed E-state index contributed by atoms with van der Waals surface area (Å²) in [6.45, 7) is 1.66. The maximum Gasteiger partial charge on any atom is 0.352 e. The summed E-state index contributed by atoms with van der Waals surface area (Å²) in [6.07, 6.45) is 0. The van der Waals surface area contributed by atoms with Gasteiger partial charge in [0.25, 0.3) is 17.7 Å². The SMILES string of the molecule is CCO/N=C(\C(=O)NC1C(=O)N2C(C(=O)O)=C(CNC(=O)c3cc(O)c(O)c(Br)c3)CS[C@@H]12)c1csc(N)n1. The fraction of sp³-hybridized carbons (Fsp3) is 0.273. The molecule has 4 rings (SSSR count). The van der Waals surface area contributed by atoms with Crippen molar-refractivity contribution in [1.29, 1.82) is 0 Å². The lowest BCUT2D eigenvalue weighted by atomic mass is 10.0. The molecule has 39 heavy (non-hydrogen) atoms. The van der Waals surface area contributed by atoms with Gasteiger partial charge < -0.3 is 36.5 Å². The minimum absolute atomic E-state index is 0.0187. The number of nitrogen functional groups attached to an aromatic ring is 1. The molecular weight excluding hydrogens is 620 g/mol. The maximum atomic E-state index is 13.0. The van der Waals surface area contributed by atoms with Crippen LogP contribution in [-0.2, 0) is 19.2 Å². The standard InChI is InChI=1S/C22H21BrN6O8S2/c1-2-37-28-13(11-7-39-22(24)26-11)18(33)27-14-19(34)29-15(21(35)36)9(6-38-20(14)29)5-25-17(32)8-3-10(23)16(31)12(30)4-8/h3-4,7,14,20,30-31H,2,5-6H2,1H3,(H2,24,26)(H,25,32)(H,27,33)(H,35,36)/b28-13-/t14?,20-/m0/s1. The number of benzene rings is 1. The lowest BCUT2D eigenvalue weighted by Gasteiger charge is -2.49. The number of phenols is 2. The Balaban J connectivity index is 1.48. The summed E-state index contributed by atoms with van der Waals surface area (Å²) in [4.78, 5) is 60.7. The Kier molecular flexibility index (Phi) is 8.31. The number of thioether (sulfide) groups is 1. The third-order valence-electron chi connectivity index (χ3n) is 5.57. The number of oxime groups is 1. The van der Waals surface area contributed by atoms with Gasteiger partial charge in [0.2, 0.25) is 0 Å². The summed E-state index contributed by atoms with van der Waals surface area (Å²) in [6, 6.07) is 1.31. The molecule has 1 saturated heterocycles. The zero-order chi connectivity index (χ0) is 28.4. The highest BCUT2D eigenvalue weighted by Gasteiger charge is 2.54. The van der Waals surface area contributed by atoms with Crippen LogP contribution < -0.4 is 16.4 Å². The second-order valence-electron chi connectivity index (χ2n) is 8.06. The van der Waals surface area contributed by atoms with Gasteiger partial charge in [-0.1, -0.05) is 5.16 Å². The molecular formula is C22H21BrN6O8S2. The second-order valence-corrected chi connectivity index (χ2v) is 10.9. The predicted molar refractivity (Wildman–Crippen MR) is 144 cm³/mol. The zero-order valence-corrected chi connectivity index (χ0v) is 23.2. The number of anilines is 1. The van der Waals surface area contributed by atoms with E-state index in [-0.39, 0.29) is 56.7 Å². The molecule has 1 fully saturated rings. The van der Waals surface area contributed by atoms with Gasteiger partial charge in [-0.15, -0.1) is 23.1 Å². The summed E-state index contributed by atoms with van der Waals surface area (Å²) in [5.41, 5.74) is 5.64. The second kappa shape index (κ2) is 11.5. The van der Waals surface area contributed by atoms with Gasteiger partial charge >= 0.3 is 5.97 Å². The number of nitrogens with zero attached hydrogens (tertiary/aromatic N) is 3. The van der Waals surface area contributed by atoms with Crippen LogP contribution in [0.15, 0.2) is 38.4 Å². The topological polar surface area (TPSA) is 217 Å². The molecule has 2 aromatic rings. The normalized spacial score (nSPS) is 18.8. The van der Waals surface area contributed by atoms with E-state index < -0.39 is 46.6 Å². The van der Waals surface area contributed by atoms with Crippen LogP contribution >= 0.6 is 39.0 Å². The molecule has 2 aliphatic heterocycles. The summed E-state index contributed by atoms with van der Waals surface area (Å²) in [7, 11) is 0. The highest BCUT2D eigenvalue weighted by atomic mass is 79.9. The quantitative estimate of drug-likeness (QED) is 0.0975. The number of nitrogens with two attached hydrogens (primary N) is 1. The summed E-state index contributed by atoms with van der Waals surface area (Å²) in [5.74, 6) is -4.19. The van der Waals surface area contributed by atoms with E-state index in [1.807, 2.05) is 0 Å². The molecule has 2 atom stereocenters. The van der Waals surface area contributed by atoms with E-state index >= 15 is 0 Å². The smallest absolute Gasteiger partial charge is 0.352 e. The van der Waals surface area contributed by atoms with Crippen molar-refractivity contribution in [3.05, 3.63) is 44.5 Å². The zero-order valence-electron chi connectivity index (χ0n) is 20.0. The lowest BCUT2D eigenvalue weighted by Crippen LogP contribution is -2.71. The van der Waals surface area contributed by atoms with Crippen LogP contribution in [0.3, 0.4) is 0 Å². The Morgan fingerprint density at radius 1 is 1.33 bits per heavy atom.